The highest BCUT2D eigenvalue weighted by molar-refractivity contribution is 9.10. The molecule has 0 aliphatic heterocycles. The Morgan fingerprint density at radius 1 is 1.33 bits per heavy atom. The largest absolute Gasteiger partial charge is 0.482 e. The molecule has 0 bridgehead atoms. The minimum atomic E-state index is -0.359. The van der Waals surface area contributed by atoms with E-state index >= 15 is 0 Å². The summed E-state index contributed by atoms with van der Waals surface area (Å²) in [6, 6.07) is 13.9. The number of benzene rings is 2. The van der Waals surface area contributed by atoms with Crippen LogP contribution < -0.4 is 10.1 Å². The molecule has 1 amide bonds. The predicted octanol–water partition coefficient (Wildman–Crippen LogP) is 3.99. The van der Waals surface area contributed by atoms with E-state index in [-0.39, 0.29) is 12.5 Å². The molecular weight excluding hydrogens is 356 g/mol. The zero-order chi connectivity index (χ0) is 15.2. The highest BCUT2D eigenvalue weighted by Gasteiger charge is 2.09. The molecule has 2 aromatic carbocycles. The molecule has 4 nitrogen and oxygen atoms in total. The van der Waals surface area contributed by atoms with Crippen LogP contribution in [0.5, 0.6) is 5.75 Å². The van der Waals surface area contributed by atoms with E-state index in [0.29, 0.717) is 22.0 Å². The van der Waals surface area contributed by atoms with Crippen molar-refractivity contribution >= 4 is 39.1 Å². The van der Waals surface area contributed by atoms with Crippen LogP contribution in [0.25, 0.3) is 0 Å². The van der Waals surface area contributed by atoms with Gasteiger partial charge in [0.2, 0.25) is 0 Å². The molecule has 106 valence electrons. The van der Waals surface area contributed by atoms with Gasteiger partial charge in [0.15, 0.2) is 6.61 Å². The van der Waals surface area contributed by atoms with Crippen LogP contribution in [-0.4, -0.2) is 12.5 Å². The molecule has 0 aliphatic carbocycles. The summed E-state index contributed by atoms with van der Waals surface area (Å²) in [4.78, 5) is 11.9. The Morgan fingerprint density at radius 3 is 2.86 bits per heavy atom. The van der Waals surface area contributed by atoms with Crippen molar-refractivity contribution in [2.24, 2.45) is 0 Å². The molecule has 21 heavy (non-hydrogen) atoms. The van der Waals surface area contributed by atoms with Crippen LogP contribution in [0, 0.1) is 11.3 Å². The van der Waals surface area contributed by atoms with Gasteiger partial charge in [0, 0.05) is 4.47 Å². The Bertz CT molecular complexity index is 713. The Hall–Kier alpha value is -2.03. The van der Waals surface area contributed by atoms with E-state index in [1.807, 2.05) is 6.07 Å². The van der Waals surface area contributed by atoms with Gasteiger partial charge in [-0.15, -0.1) is 0 Å². The number of hydrogen-bond acceptors (Lipinski definition) is 3. The molecule has 1 N–H and O–H groups in total. The highest BCUT2D eigenvalue weighted by Crippen LogP contribution is 2.25. The van der Waals surface area contributed by atoms with Gasteiger partial charge in [-0.3, -0.25) is 4.79 Å². The fourth-order valence-electron chi connectivity index (χ4n) is 1.61. The van der Waals surface area contributed by atoms with Crippen molar-refractivity contribution in [1.82, 2.24) is 0 Å². The third kappa shape index (κ3) is 4.22. The first-order chi connectivity index (χ1) is 10.1. The molecule has 0 atom stereocenters. The van der Waals surface area contributed by atoms with Gasteiger partial charge in [-0.1, -0.05) is 39.7 Å². The SMILES string of the molecule is N#Cc1ccccc1OCC(=O)Nc1cc(Br)ccc1Cl. The van der Waals surface area contributed by atoms with Crippen LogP contribution in [0.15, 0.2) is 46.9 Å². The van der Waals surface area contributed by atoms with Gasteiger partial charge in [-0.05, 0) is 30.3 Å². The fraction of sp³-hybridized carbons (Fsp3) is 0.0667. The third-order valence-corrected chi connectivity index (χ3v) is 3.39. The number of hydrogen-bond donors (Lipinski definition) is 1. The van der Waals surface area contributed by atoms with Crippen molar-refractivity contribution in [1.29, 1.82) is 5.26 Å². The Kier molecular flexibility index (Phi) is 5.20. The summed E-state index contributed by atoms with van der Waals surface area (Å²) in [6.07, 6.45) is 0. The van der Waals surface area contributed by atoms with Gasteiger partial charge < -0.3 is 10.1 Å². The van der Waals surface area contributed by atoms with Crippen molar-refractivity contribution < 1.29 is 9.53 Å². The van der Waals surface area contributed by atoms with E-state index in [2.05, 4.69) is 21.2 Å². The number of ether oxygens (including phenoxy) is 1. The van der Waals surface area contributed by atoms with Crippen LogP contribution in [0.3, 0.4) is 0 Å². The maximum Gasteiger partial charge on any atom is 0.262 e. The quantitative estimate of drug-likeness (QED) is 0.891. The van der Waals surface area contributed by atoms with Crippen molar-refractivity contribution in [2.75, 3.05) is 11.9 Å². The van der Waals surface area contributed by atoms with Gasteiger partial charge in [-0.25, -0.2) is 0 Å². The van der Waals surface area contributed by atoms with Crippen molar-refractivity contribution in [3.05, 3.63) is 57.5 Å². The first-order valence-corrected chi connectivity index (χ1v) is 7.14. The predicted molar refractivity (Wildman–Crippen MR) is 84.4 cm³/mol. The second-order valence-corrected chi connectivity index (χ2v) is 5.39. The number of para-hydroxylation sites is 1. The van der Waals surface area contributed by atoms with Gasteiger partial charge >= 0.3 is 0 Å². The number of rotatable bonds is 4. The second kappa shape index (κ2) is 7.11. The number of amides is 1. The molecule has 0 unspecified atom stereocenters. The smallest absolute Gasteiger partial charge is 0.262 e. The molecule has 0 aromatic heterocycles. The Balaban J connectivity index is 2.00. The van der Waals surface area contributed by atoms with Gasteiger partial charge in [0.05, 0.1) is 16.3 Å². The third-order valence-electron chi connectivity index (χ3n) is 2.57. The first kappa shape index (κ1) is 15.4. The molecule has 2 aromatic rings. The van der Waals surface area contributed by atoms with Crippen LogP contribution in [-0.2, 0) is 4.79 Å². The second-order valence-electron chi connectivity index (χ2n) is 4.07. The van der Waals surface area contributed by atoms with E-state index in [9.17, 15) is 4.79 Å². The lowest BCUT2D eigenvalue weighted by Gasteiger charge is -2.10. The molecule has 0 aliphatic rings. The zero-order valence-corrected chi connectivity index (χ0v) is 13.1. The lowest BCUT2D eigenvalue weighted by atomic mass is 10.2. The Labute approximate surface area is 135 Å². The number of nitrogens with zero attached hydrogens (tertiary/aromatic N) is 1. The zero-order valence-electron chi connectivity index (χ0n) is 10.8. The van der Waals surface area contributed by atoms with Gasteiger partial charge in [0.1, 0.15) is 11.8 Å². The summed E-state index contributed by atoms with van der Waals surface area (Å²) >= 11 is 9.29. The topological polar surface area (TPSA) is 62.1 Å². The molecule has 0 heterocycles. The number of carbonyl (C=O) groups excluding carboxylic acids is 1. The van der Waals surface area contributed by atoms with Crippen LogP contribution in [0.2, 0.25) is 5.02 Å². The number of nitriles is 1. The first-order valence-electron chi connectivity index (χ1n) is 5.97. The highest BCUT2D eigenvalue weighted by atomic mass is 79.9. The number of nitrogens with one attached hydrogen (secondary N) is 1. The summed E-state index contributed by atoms with van der Waals surface area (Å²) in [5.74, 6) is 0.0123. The van der Waals surface area contributed by atoms with Crippen LogP contribution in [0.1, 0.15) is 5.56 Å². The normalized spacial score (nSPS) is 9.76. The van der Waals surface area contributed by atoms with Crippen LogP contribution in [0.4, 0.5) is 5.69 Å². The van der Waals surface area contributed by atoms with E-state index in [4.69, 9.17) is 21.6 Å². The van der Waals surface area contributed by atoms with Crippen molar-refractivity contribution in [3.63, 3.8) is 0 Å². The monoisotopic (exact) mass is 364 g/mol. The van der Waals surface area contributed by atoms with Gasteiger partial charge in [0.25, 0.3) is 5.91 Å². The molecule has 2 rings (SSSR count). The molecule has 0 fully saturated rings. The number of carbonyl (C=O) groups is 1. The molecular formula is C15H10BrClN2O2. The Morgan fingerprint density at radius 2 is 2.10 bits per heavy atom. The summed E-state index contributed by atoms with van der Waals surface area (Å²) < 4.78 is 6.15. The van der Waals surface area contributed by atoms with E-state index in [1.54, 1.807) is 42.5 Å². The average molecular weight is 366 g/mol. The summed E-state index contributed by atoms with van der Waals surface area (Å²) in [5, 5.41) is 12.0. The standard InChI is InChI=1S/C15H10BrClN2O2/c16-11-5-6-12(17)13(7-11)19-15(20)9-21-14-4-2-1-3-10(14)8-18/h1-7H,9H2,(H,19,20). The minimum Gasteiger partial charge on any atom is -0.482 e. The molecule has 6 heteroatoms. The van der Waals surface area contributed by atoms with Gasteiger partial charge in [-0.2, -0.15) is 5.26 Å². The van der Waals surface area contributed by atoms with Crippen LogP contribution >= 0.6 is 27.5 Å². The summed E-state index contributed by atoms with van der Waals surface area (Å²) in [7, 11) is 0. The van der Waals surface area contributed by atoms with Crippen molar-refractivity contribution in [2.45, 2.75) is 0 Å². The van der Waals surface area contributed by atoms with Crippen molar-refractivity contribution in [3.8, 4) is 11.8 Å². The minimum absolute atomic E-state index is 0.207. The molecule has 0 saturated carbocycles. The summed E-state index contributed by atoms with van der Waals surface area (Å²) in [6.45, 7) is -0.207. The molecule has 0 radical (unpaired) electrons. The lowest BCUT2D eigenvalue weighted by Crippen LogP contribution is -2.20. The summed E-state index contributed by atoms with van der Waals surface area (Å²) in [5.41, 5.74) is 0.874. The van der Waals surface area contributed by atoms with E-state index in [0.717, 1.165) is 4.47 Å². The van der Waals surface area contributed by atoms with E-state index < -0.39 is 0 Å². The number of halogens is 2. The fourth-order valence-corrected chi connectivity index (χ4v) is 2.13. The molecule has 0 saturated heterocycles. The number of anilines is 1. The maximum absolute atomic E-state index is 11.9. The maximum atomic E-state index is 11.9. The van der Waals surface area contributed by atoms with E-state index in [1.165, 1.54) is 0 Å². The molecule has 0 spiro atoms. The lowest BCUT2D eigenvalue weighted by molar-refractivity contribution is -0.118. The average Bonchev–Trinajstić information content (AvgIpc) is 2.49.